The number of hydrogen-bond donors (Lipinski definition) is 1. The molecule has 0 heterocycles. The van der Waals surface area contributed by atoms with Crippen LogP contribution in [0.4, 0.5) is 5.69 Å². The standard InChI is InChI=1S/C21H25N3O6/c1-4-5-8-11-30-20-17(24(26)27)12-15(13-19(20)29-3)14-22-23-21(25)16-9-6-7-10-18(16)28-2/h6-7,9-10,12-14H,4-5,8,11H2,1-3H3,(H,23,25)/b22-14+. The zero-order valence-corrected chi connectivity index (χ0v) is 17.2. The molecule has 0 unspecified atom stereocenters. The topological polar surface area (TPSA) is 112 Å². The molecule has 2 aromatic rings. The van der Waals surface area contributed by atoms with Crippen LogP contribution in [0.25, 0.3) is 0 Å². The molecule has 9 heteroatoms. The molecule has 1 amide bonds. The molecule has 1 N–H and O–H groups in total. The van der Waals surface area contributed by atoms with Crippen molar-refractivity contribution in [1.29, 1.82) is 0 Å². The maximum absolute atomic E-state index is 12.3. The fraction of sp³-hybridized carbons (Fsp3) is 0.333. The summed E-state index contributed by atoms with van der Waals surface area (Å²) in [6, 6.07) is 9.58. The summed E-state index contributed by atoms with van der Waals surface area (Å²) < 4.78 is 16.0. The van der Waals surface area contributed by atoms with Gasteiger partial charge in [0.2, 0.25) is 5.75 Å². The van der Waals surface area contributed by atoms with Crippen LogP contribution in [0.2, 0.25) is 0 Å². The highest BCUT2D eigenvalue weighted by Gasteiger charge is 2.22. The second kappa shape index (κ2) is 11.4. The Morgan fingerprint density at radius 1 is 1.17 bits per heavy atom. The minimum Gasteiger partial charge on any atom is -0.496 e. The summed E-state index contributed by atoms with van der Waals surface area (Å²) in [5.74, 6) is 0.236. The quantitative estimate of drug-likeness (QED) is 0.257. The van der Waals surface area contributed by atoms with Crippen LogP contribution in [0.1, 0.15) is 42.1 Å². The van der Waals surface area contributed by atoms with Gasteiger partial charge in [-0.1, -0.05) is 31.9 Å². The predicted octanol–water partition coefficient (Wildman–Crippen LogP) is 3.94. The van der Waals surface area contributed by atoms with E-state index in [2.05, 4.69) is 17.5 Å². The minimum absolute atomic E-state index is 0.0776. The molecule has 0 saturated heterocycles. The number of unbranched alkanes of at least 4 members (excludes halogenated alkanes) is 2. The van der Waals surface area contributed by atoms with Gasteiger partial charge in [0.25, 0.3) is 5.91 Å². The summed E-state index contributed by atoms with van der Waals surface area (Å²) in [6.07, 6.45) is 4.06. The number of para-hydroxylation sites is 1. The summed E-state index contributed by atoms with van der Waals surface area (Å²) in [6.45, 7) is 2.41. The SMILES string of the molecule is CCCCCOc1c(OC)cc(/C=N/NC(=O)c2ccccc2OC)cc1[N+](=O)[O-]. The van der Waals surface area contributed by atoms with E-state index in [1.807, 2.05) is 0 Å². The zero-order valence-electron chi connectivity index (χ0n) is 17.2. The first-order chi connectivity index (χ1) is 14.5. The number of nitrogens with zero attached hydrogens (tertiary/aromatic N) is 2. The molecule has 0 aliphatic carbocycles. The first-order valence-electron chi connectivity index (χ1n) is 9.47. The van der Waals surface area contributed by atoms with Crippen LogP contribution >= 0.6 is 0 Å². The molecular formula is C21H25N3O6. The number of carbonyl (C=O) groups excluding carboxylic acids is 1. The van der Waals surface area contributed by atoms with Crippen LogP contribution in [-0.2, 0) is 0 Å². The number of nitro benzene ring substituents is 1. The minimum atomic E-state index is -0.539. The maximum Gasteiger partial charge on any atom is 0.315 e. The molecule has 2 rings (SSSR count). The van der Waals surface area contributed by atoms with Gasteiger partial charge in [-0.15, -0.1) is 0 Å². The molecule has 0 aliphatic rings. The fourth-order valence-corrected chi connectivity index (χ4v) is 2.70. The third-order valence-electron chi connectivity index (χ3n) is 4.20. The molecular weight excluding hydrogens is 390 g/mol. The first kappa shape index (κ1) is 22.7. The molecule has 0 radical (unpaired) electrons. The van der Waals surface area contributed by atoms with Crippen molar-refractivity contribution < 1.29 is 23.9 Å². The highest BCUT2D eigenvalue weighted by Crippen LogP contribution is 2.38. The van der Waals surface area contributed by atoms with Crippen LogP contribution in [0.15, 0.2) is 41.5 Å². The smallest absolute Gasteiger partial charge is 0.315 e. The van der Waals surface area contributed by atoms with Crippen molar-refractivity contribution in [2.24, 2.45) is 5.10 Å². The van der Waals surface area contributed by atoms with Crippen LogP contribution in [-0.4, -0.2) is 37.9 Å². The van der Waals surface area contributed by atoms with Crippen molar-refractivity contribution in [1.82, 2.24) is 5.43 Å². The van der Waals surface area contributed by atoms with E-state index in [0.29, 0.717) is 23.5 Å². The van der Waals surface area contributed by atoms with Crippen LogP contribution < -0.4 is 19.6 Å². The molecule has 0 aromatic heterocycles. The van der Waals surface area contributed by atoms with Gasteiger partial charge in [-0.25, -0.2) is 5.43 Å². The van der Waals surface area contributed by atoms with E-state index in [-0.39, 0.29) is 17.2 Å². The molecule has 30 heavy (non-hydrogen) atoms. The fourth-order valence-electron chi connectivity index (χ4n) is 2.70. The number of methoxy groups -OCH3 is 2. The molecule has 0 saturated carbocycles. The summed E-state index contributed by atoms with van der Waals surface area (Å²) in [5.41, 5.74) is 2.84. The lowest BCUT2D eigenvalue weighted by Gasteiger charge is -2.11. The van der Waals surface area contributed by atoms with Gasteiger partial charge in [0.05, 0.1) is 37.5 Å². The van der Waals surface area contributed by atoms with E-state index in [0.717, 1.165) is 19.3 Å². The first-order valence-corrected chi connectivity index (χ1v) is 9.47. The third-order valence-corrected chi connectivity index (χ3v) is 4.20. The van der Waals surface area contributed by atoms with Crippen LogP contribution in [0, 0.1) is 10.1 Å². The summed E-state index contributed by atoms with van der Waals surface area (Å²) in [7, 11) is 2.87. The number of nitro groups is 1. The van der Waals surface area contributed by atoms with Crippen LogP contribution in [0.5, 0.6) is 17.2 Å². The van der Waals surface area contributed by atoms with E-state index in [1.165, 1.54) is 26.5 Å². The summed E-state index contributed by atoms with van der Waals surface area (Å²) >= 11 is 0. The third kappa shape index (κ3) is 5.94. The van der Waals surface area contributed by atoms with Crippen molar-refractivity contribution in [3.8, 4) is 17.2 Å². The Kier molecular flexibility index (Phi) is 8.61. The maximum atomic E-state index is 12.3. The Morgan fingerprint density at radius 2 is 1.90 bits per heavy atom. The molecule has 2 aromatic carbocycles. The van der Waals surface area contributed by atoms with Gasteiger partial charge in [-0.05, 0) is 24.6 Å². The van der Waals surface area contributed by atoms with Gasteiger partial charge in [0.15, 0.2) is 5.75 Å². The second-order valence-electron chi connectivity index (χ2n) is 6.28. The van der Waals surface area contributed by atoms with Gasteiger partial charge in [0, 0.05) is 11.6 Å². The van der Waals surface area contributed by atoms with Gasteiger partial charge >= 0.3 is 5.69 Å². The number of hydrazone groups is 1. The number of ether oxygens (including phenoxy) is 3. The normalized spacial score (nSPS) is 10.6. The highest BCUT2D eigenvalue weighted by atomic mass is 16.6. The molecule has 0 atom stereocenters. The van der Waals surface area contributed by atoms with E-state index >= 15 is 0 Å². The van der Waals surface area contributed by atoms with E-state index < -0.39 is 10.8 Å². The number of benzene rings is 2. The molecule has 9 nitrogen and oxygen atoms in total. The van der Waals surface area contributed by atoms with Crippen molar-refractivity contribution in [2.45, 2.75) is 26.2 Å². The Morgan fingerprint density at radius 3 is 2.57 bits per heavy atom. The lowest BCUT2D eigenvalue weighted by molar-refractivity contribution is -0.386. The molecule has 0 bridgehead atoms. The second-order valence-corrected chi connectivity index (χ2v) is 6.28. The number of nitrogens with one attached hydrogen (secondary N) is 1. The average Bonchev–Trinajstić information content (AvgIpc) is 2.76. The lowest BCUT2D eigenvalue weighted by atomic mass is 10.2. The Hall–Kier alpha value is -3.62. The molecule has 0 spiro atoms. The lowest BCUT2D eigenvalue weighted by Crippen LogP contribution is -2.18. The van der Waals surface area contributed by atoms with E-state index in [1.54, 1.807) is 30.3 Å². The van der Waals surface area contributed by atoms with Crippen molar-refractivity contribution >= 4 is 17.8 Å². The Bertz CT molecular complexity index is 914. The molecule has 160 valence electrons. The van der Waals surface area contributed by atoms with Gasteiger partial charge < -0.3 is 14.2 Å². The van der Waals surface area contributed by atoms with Crippen LogP contribution in [0.3, 0.4) is 0 Å². The van der Waals surface area contributed by atoms with E-state index in [4.69, 9.17) is 14.2 Å². The average molecular weight is 415 g/mol. The van der Waals surface area contributed by atoms with Crippen molar-refractivity contribution in [2.75, 3.05) is 20.8 Å². The predicted molar refractivity (Wildman–Crippen MR) is 113 cm³/mol. The molecule has 0 fully saturated rings. The number of amides is 1. The molecule has 0 aliphatic heterocycles. The largest absolute Gasteiger partial charge is 0.496 e. The van der Waals surface area contributed by atoms with Gasteiger partial charge in [-0.3, -0.25) is 14.9 Å². The Labute approximate surface area is 174 Å². The Balaban J connectivity index is 2.19. The number of carbonyl (C=O) groups is 1. The zero-order chi connectivity index (χ0) is 21.9. The monoisotopic (exact) mass is 415 g/mol. The van der Waals surface area contributed by atoms with Gasteiger partial charge in [0.1, 0.15) is 5.75 Å². The highest BCUT2D eigenvalue weighted by molar-refractivity contribution is 5.97. The summed E-state index contributed by atoms with van der Waals surface area (Å²) in [4.78, 5) is 23.3. The van der Waals surface area contributed by atoms with Crippen molar-refractivity contribution in [3.05, 3.63) is 57.6 Å². The number of rotatable bonds is 11. The summed E-state index contributed by atoms with van der Waals surface area (Å²) in [5, 5.41) is 15.4. The number of hydrogen-bond acceptors (Lipinski definition) is 7. The van der Waals surface area contributed by atoms with Gasteiger partial charge in [-0.2, -0.15) is 5.10 Å². The van der Waals surface area contributed by atoms with E-state index in [9.17, 15) is 14.9 Å². The van der Waals surface area contributed by atoms with Crippen molar-refractivity contribution in [3.63, 3.8) is 0 Å².